The molecule has 0 saturated carbocycles. The molecule has 0 amide bonds. The molecule has 0 spiro atoms. The molecule has 3 heteroatoms. The second-order valence-corrected chi connectivity index (χ2v) is 6.87. The van der Waals surface area contributed by atoms with E-state index in [-0.39, 0.29) is 11.3 Å². The minimum absolute atomic E-state index is 0.0310. The van der Waals surface area contributed by atoms with Gasteiger partial charge in [-0.1, -0.05) is 6.92 Å². The van der Waals surface area contributed by atoms with Crippen molar-refractivity contribution in [3.05, 3.63) is 23.0 Å². The normalized spacial score (nSPS) is 11.9. The van der Waals surface area contributed by atoms with E-state index < -0.39 is 0 Å². The maximum atomic E-state index is 12.2. The van der Waals surface area contributed by atoms with E-state index in [0.717, 1.165) is 23.4 Å². The first kappa shape index (κ1) is 15.4. The Balaban J connectivity index is 2.95. The van der Waals surface area contributed by atoms with Gasteiger partial charge < -0.3 is 4.57 Å². The predicted molar refractivity (Wildman–Crippen MR) is 80.8 cm³/mol. The fourth-order valence-electron chi connectivity index (χ4n) is 2.46. The average molecular weight is 267 g/mol. The Kier molecular flexibility index (Phi) is 5.09. The van der Waals surface area contributed by atoms with Gasteiger partial charge in [0.1, 0.15) is 0 Å². The van der Waals surface area contributed by atoms with Gasteiger partial charge in [-0.05, 0) is 52.9 Å². The molecule has 102 valence electrons. The third-order valence-electron chi connectivity index (χ3n) is 2.98. The van der Waals surface area contributed by atoms with E-state index in [1.165, 1.54) is 5.69 Å². The molecule has 0 saturated heterocycles. The number of rotatable bonds is 5. The van der Waals surface area contributed by atoms with Crippen LogP contribution in [0.2, 0.25) is 0 Å². The number of ketones is 1. The van der Waals surface area contributed by atoms with Crippen LogP contribution in [0.4, 0.5) is 0 Å². The monoisotopic (exact) mass is 267 g/mol. The van der Waals surface area contributed by atoms with E-state index in [4.69, 9.17) is 0 Å². The first-order valence-corrected chi connectivity index (χ1v) is 7.75. The highest BCUT2D eigenvalue weighted by molar-refractivity contribution is 7.99. The minimum Gasteiger partial charge on any atom is -0.343 e. The summed E-state index contributed by atoms with van der Waals surface area (Å²) >= 11 is 1.73. The van der Waals surface area contributed by atoms with E-state index in [1.807, 2.05) is 6.07 Å². The number of carbonyl (C=O) groups excluding carboxylic acids is 1. The van der Waals surface area contributed by atoms with Crippen molar-refractivity contribution in [2.45, 2.75) is 53.5 Å². The molecular weight excluding hydrogens is 242 g/mol. The van der Waals surface area contributed by atoms with Crippen molar-refractivity contribution < 1.29 is 4.79 Å². The van der Waals surface area contributed by atoms with Gasteiger partial charge in [0, 0.05) is 22.5 Å². The average Bonchev–Trinajstić information content (AvgIpc) is 2.53. The number of hydrogen-bond acceptors (Lipinski definition) is 2. The number of Topliss-reactive ketones (excluding diaryl/α,β-unsaturated/α-hetero) is 1. The highest BCUT2D eigenvalue weighted by Gasteiger charge is 2.22. The molecule has 0 aliphatic rings. The van der Waals surface area contributed by atoms with Crippen LogP contribution in [-0.4, -0.2) is 21.9 Å². The van der Waals surface area contributed by atoms with Crippen LogP contribution in [0.3, 0.4) is 0 Å². The molecule has 0 aliphatic carbocycles. The molecule has 0 atom stereocenters. The lowest BCUT2D eigenvalue weighted by atomic mass is 10.1. The standard InChI is InChI=1S/C15H25NOS/c1-7-8-18-10-14(17)13-9-11(2)16(12(13)3)15(4,5)6/h9H,7-8,10H2,1-6H3. The van der Waals surface area contributed by atoms with Gasteiger partial charge in [-0.2, -0.15) is 11.8 Å². The second-order valence-electron chi connectivity index (χ2n) is 5.77. The molecule has 0 fully saturated rings. The fraction of sp³-hybridized carbons (Fsp3) is 0.667. The molecule has 1 rings (SSSR count). The molecule has 18 heavy (non-hydrogen) atoms. The van der Waals surface area contributed by atoms with Crippen molar-refractivity contribution >= 4 is 17.5 Å². The molecule has 1 aromatic rings. The van der Waals surface area contributed by atoms with Crippen molar-refractivity contribution in [3.8, 4) is 0 Å². The summed E-state index contributed by atoms with van der Waals surface area (Å²) < 4.78 is 2.25. The van der Waals surface area contributed by atoms with Crippen molar-refractivity contribution in [2.75, 3.05) is 11.5 Å². The number of hydrogen-bond donors (Lipinski definition) is 0. The molecule has 0 unspecified atom stereocenters. The van der Waals surface area contributed by atoms with Gasteiger partial charge in [0.15, 0.2) is 5.78 Å². The Morgan fingerprint density at radius 3 is 2.39 bits per heavy atom. The van der Waals surface area contributed by atoms with Crippen LogP contribution in [0.5, 0.6) is 0 Å². The van der Waals surface area contributed by atoms with E-state index >= 15 is 0 Å². The Bertz CT molecular complexity index is 426. The topological polar surface area (TPSA) is 22.0 Å². The summed E-state index contributed by atoms with van der Waals surface area (Å²) in [5.74, 6) is 1.92. The zero-order valence-corrected chi connectivity index (χ0v) is 13.3. The summed E-state index contributed by atoms with van der Waals surface area (Å²) in [4.78, 5) is 12.2. The number of carbonyl (C=O) groups is 1. The molecular formula is C15H25NOS. The van der Waals surface area contributed by atoms with E-state index in [2.05, 4.69) is 46.1 Å². The molecule has 0 bridgehead atoms. The molecule has 0 aromatic carbocycles. The zero-order valence-electron chi connectivity index (χ0n) is 12.5. The van der Waals surface area contributed by atoms with Crippen LogP contribution in [0.1, 0.15) is 55.9 Å². The van der Waals surface area contributed by atoms with Gasteiger partial charge in [0.05, 0.1) is 5.75 Å². The fourth-order valence-corrected chi connectivity index (χ4v) is 3.24. The number of thioether (sulfide) groups is 1. The number of nitrogens with zero attached hydrogens (tertiary/aromatic N) is 1. The van der Waals surface area contributed by atoms with E-state index in [9.17, 15) is 4.79 Å². The summed E-state index contributed by atoms with van der Waals surface area (Å²) in [6.45, 7) is 12.8. The van der Waals surface area contributed by atoms with E-state index in [1.54, 1.807) is 11.8 Å². The molecule has 0 radical (unpaired) electrons. The van der Waals surface area contributed by atoms with Crippen LogP contribution >= 0.6 is 11.8 Å². The van der Waals surface area contributed by atoms with Gasteiger partial charge in [0.2, 0.25) is 0 Å². The lowest BCUT2D eigenvalue weighted by molar-refractivity contribution is 0.102. The summed E-state index contributed by atoms with van der Waals surface area (Å²) in [6.07, 6.45) is 1.12. The number of aryl methyl sites for hydroxylation is 1. The summed E-state index contributed by atoms with van der Waals surface area (Å²) in [7, 11) is 0. The lowest BCUT2D eigenvalue weighted by Gasteiger charge is -2.25. The van der Waals surface area contributed by atoms with Crippen molar-refractivity contribution in [2.24, 2.45) is 0 Å². The van der Waals surface area contributed by atoms with Crippen LogP contribution in [0.15, 0.2) is 6.07 Å². The van der Waals surface area contributed by atoms with Crippen LogP contribution in [0.25, 0.3) is 0 Å². The summed E-state index contributed by atoms with van der Waals surface area (Å²) in [5.41, 5.74) is 3.19. The summed E-state index contributed by atoms with van der Waals surface area (Å²) in [5, 5.41) is 0. The Labute approximate surface area is 115 Å². The molecule has 1 aromatic heterocycles. The SMILES string of the molecule is CCCSCC(=O)c1cc(C)n(C(C)(C)C)c1C. The van der Waals surface area contributed by atoms with Crippen LogP contribution in [-0.2, 0) is 5.54 Å². The van der Waals surface area contributed by atoms with Crippen LogP contribution < -0.4 is 0 Å². The minimum atomic E-state index is 0.0310. The number of aromatic nitrogens is 1. The Morgan fingerprint density at radius 2 is 1.94 bits per heavy atom. The first-order chi connectivity index (χ1) is 8.29. The van der Waals surface area contributed by atoms with Gasteiger partial charge in [0.25, 0.3) is 0 Å². The van der Waals surface area contributed by atoms with E-state index in [0.29, 0.717) is 5.75 Å². The molecule has 2 nitrogen and oxygen atoms in total. The van der Waals surface area contributed by atoms with Crippen molar-refractivity contribution in [1.82, 2.24) is 4.57 Å². The molecule has 0 N–H and O–H groups in total. The van der Waals surface area contributed by atoms with Gasteiger partial charge in [-0.3, -0.25) is 4.79 Å². The van der Waals surface area contributed by atoms with Gasteiger partial charge in [-0.15, -0.1) is 0 Å². The van der Waals surface area contributed by atoms with Gasteiger partial charge >= 0.3 is 0 Å². The summed E-state index contributed by atoms with van der Waals surface area (Å²) in [6, 6.07) is 2.04. The Morgan fingerprint density at radius 1 is 1.33 bits per heavy atom. The third-order valence-corrected chi connectivity index (χ3v) is 4.15. The maximum Gasteiger partial charge on any atom is 0.174 e. The lowest BCUT2D eigenvalue weighted by Crippen LogP contribution is -2.24. The quantitative estimate of drug-likeness (QED) is 0.589. The Hall–Kier alpha value is -0.700. The zero-order chi connectivity index (χ0) is 13.9. The largest absolute Gasteiger partial charge is 0.343 e. The maximum absolute atomic E-state index is 12.2. The highest BCUT2D eigenvalue weighted by Crippen LogP contribution is 2.25. The van der Waals surface area contributed by atoms with Gasteiger partial charge in [-0.25, -0.2) is 0 Å². The second kappa shape index (κ2) is 5.96. The highest BCUT2D eigenvalue weighted by atomic mass is 32.2. The van der Waals surface area contributed by atoms with Crippen molar-refractivity contribution in [3.63, 3.8) is 0 Å². The predicted octanol–water partition coefficient (Wildman–Crippen LogP) is 4.19. The smallest absolute Gasteiger partial charge is 0.174 e. The van der Waals surface area contributed by atoms with Crippen LogP contribution in [0, 0.1) is 13.8 Å². The molecule has 0 aliphatic heterocycles. The third kappa shape index (κ3) is 3.41. The first-order valence-electron chi connectivity index (χ1n) is 6.59. The molecule has 1 heterocycles. The van der Waals surface area contributed by atoms with Crippen molar-refractivity contribution in [1.29, 1.82) is 0 Å².